The molecule has 11 nitrogen and oxygen atoms in total. The van der Waals surface area contributed by atoms with Crippen LogP contribution in [0.25, 0.3) is 0 Å². The highest BCUT2D eigenvalue weighted by atomic mass is 16.5. The normalized spacial score (nSPS) is 11.3. The second-order valence-electron chi connectivity index (χ2n) is 8.42. The third kappa shape index (κ3) is 14.6. The molecule has 1 rings (SSSR count). The van der Waals surface area contributed by atoms with Crippen molar-refractivity contribution in [2.75, 3.05) is 13.2 Å². The average molecular weight is 509 g/mol. The highest BCUT2D eigenvalue weighted by Gasteiger charge is 2.20. The first kappa shape index (κ1) is 30.4. The number of nitrogens with one attached hydrogen (secondary N) is 2. The van der Waals surface area contributed by atoms with Crippen LogP contribution in [0.1, 0.15) is 81.0 Å². The number of ether oxygens (including phenoxy) is 1. The first-order valence-corrected chi connectivity index (χ1v) is 12.2. The molecule has 1 aromatic carbocycles. The van der Waals surface area contributed by atoms with Crippen LogP contribution in [0.5, 0.6) is 5.75 Å². The van der Waals surface area contributed by atoms with Crippen molar-refractivity contribution >= 4 is 29.7 Å². The number of amides is 2. The number of benzene rings is 1. The minimum absolute atomic E-state index is 0.117. The Kier molecular flexibility index (Phi) is 15.0. The molecule has 0 saturated heterocycles. The van der Waals surface area contributed by atoms with Gasteiger partial charge in [-0.25, -0.2) is 9.59 Å². The highest BCUT2D eigenvalue weighted by molar-refractivity contribution is 5.87. The van der Waals surface area contributed by atoms with E-state index < -0.39 is 36.4 Å². The van der Waals surface area contributed by atoms with Crippen LogP contribution in [0.15, 0.2) is 24.3 Å². The number of carboxylic acid groups (broad SMARTS) is 3. The SMILES string of the molecule is O=C(O)CNC(=O)CCC(NC(=O)CCCCCCCCCCOc1ccc(C(=O)O)cc1)C(=O)O. The largest absolute Gasteiger partial charge is 0.494 e. The van der Waals surface area contributed by atoms with E-state index in [0.717, 1.165) is 44.9 Å². The minimum Gasteiger partial charge on any atom is -0.494 e. The summed E-state index contributed by atoms with van der Waals surface area (Å²) in [5.41, 5.74) is 0.226. The number of hydrogen-bond acceptors (Lipinski definition) is 6. The number of carbonyl (C=O) groups is 5. The molecule has 0 fully saturated rings. The van der Waals surface area contributed by atoms with E-state index in [1.807, 2.05) is 0 Å². The van der Waals surface area contributed by atoms with Crippen molar-refractivity contribution in [3.63, 3.8) is 0 Å². The van der Waals surface area contributed by atoms with Gasteiger partial charge in [0.2, 0.25) is 11.8 Å². The predicted molar refractivity (Wildman–Crippen MR) is 130 cm³/mol. The molecule has 0 radical (unpaired) electrons. The van der Waals surface area contributed by atoms with Crippen LogP contribution in [0.3, 0.4) is 0 Å². The molecule has 0 bridgehead atoms. The Bertz CT molecular complexity index is 856. The van der Waals surface area contributed by atoms with Crippen molar-refractivity contribution in [3.8, 4) is 5.75 Å². The summed E-state index contributed by atoms with van der Waals surface area (Å²) in [6.45, 7) is 0.0374. The number of carboxylic acids is 3. The fraction of sp³-hybridized carbons (Fsp3) is 0.560. The topological polar surface area (TPSA) is 179 Å². The fourth-order valence-corrected chi connectivity index (χ4v) is 3.39. The fourth-order valence-electron chi connectivity index (χ4n) is 3.39. The van der Waals surface area contributed by atoms with Crippen molar-refractivity contribution in [3.05, 3.63) is 29.8 Å². The van der Waals surface area contributed by atoms with Gasteiger partial charge in [0.1, 0.15) is 18.3 Å². The molecular weight excluding hydrogens is 472 g/mol. The van der Waals surface area contributed by atoms with Gasteiger partial charge in [0.15, 0.2) is 0 Å². The van der Waals surface area contributed by atoms with Crippen LogP contribution in [0.4, 0.5) is 0 Å². The standard InChI is InChI=1S/C25H36N2O9/c28-21(26-17-23(30)31)15-14-20(25(34)35)27-22(29)9-7-5-3-1-2-4-6-8-16-36-19-12-10-18(11-13-19)24(32)33/h10-13,20H,1-9,14-17H2,(H,26,28)(H,27,29)(H,30,31)(H,32,33)(H,34,35). The van der Waals surface area contributed by atoms with Crippen molar-refractivity contribution in [2.24, 2.45) is 0 Å². The summed E-state index contributed by atoms with van der Waals surface area (Å²) in [4.78, 5) is 56.1. The summed E-state index contributed by atoms with van der Waals surface area (Å²) in [5.74, 6) is -3.72. The molecule has 1 atom stereocenters. The van der Waals surface area contributed by atoms with Crippen molar-refractivity contribution < 1.29 is 44.0 Å². The zero-order valence-corrected chi connectivity index (χ0v) is 20.4. The van der Waals surface area contributed by atoms with Crippen LogP contribution in [0, 0.1) is 0 Å². The first-order valence-electron chi connectivity index (χ1n) is 12.2. The van der Waals surface area contributed by atoms with Gasteiger partial charge in [-0.1, -0.05) is 38.5 Å². The van der Waals surface area contributed by atoms with E-state index in [4.69, 9.17) is 14.9 Å². The Balaban J connectivity index is 2.03. The first-order chi connectivity index (χ1) is 17.2. The molecular formula is C25H36N2O9. The van der Waals surface area contributed by atoms with E-state index in [0.29, 0.717) is 18.8 Å². The summed E-state index contributed by atoms with van der Waals surface area (Å²) in [5, 5.41) is 31.2. The molecule has 11 heteroatoms. The molecule has 36 heavy (non-hydrogen) atoms. The minimum atomic E-state index is -1.24. The van der Waals surface area contributed by atoms with E-state index in [1.54, 1.807) is 12.1 Å². The molecule has 0 spiro atoms. The molecule has 0 heterocycles. The second-order valence-corrected chi connectivity index (χ2v) is 8.42. The Hall–Kier alpha value is -3.63. The Morgan fingerprint density at radius 1 is 0.750 bits per heavy atom. The monoisotopic (exact) mass is 508 g/mol. The summed E-state index contributed by atoms with van der Waals surface area (Å²) < 4.78 is 5.60. The number of aliphatic carboxylic acids is 2. The van der Waals surface area contributed by atoms with Gasteiger partial charge in [0, 0.05) is 12.8 Å². The second kappa shape index (κ2) is 17.8. The van der Waals surface area contributed by atoms with Gasteiger partial charge in [0.05, 0.1) is 12.2 Å². The van der Waals surface area contributed by atoms with Crippen LogP contribution in [0.2, 0.25) is 0 Å². The van der Waals surface area contributed by atoms with E-state index in [1.165, 1.54) is 12.1 Å². The lowest BCUT2D eigenvalue weighted by Crippen LogP contribution is -2.41. The lowest BCUT2D eigenvalue weighted by atomic mass is 10.1. The quantitative estimate of drug-likeness (QED) is 0.166. The Morgan fingerprint density at radius 3 is 1.89 bits per heavy atom. The zero-order valence-electron chi connectivity index (χ0n) is 20.4. The Labute approximate surface area is 210 Å². The van der Waals surface area contributed by atoms with Crippen molar-refractivity contribution in [1.82, 2.24) is 10.6 Å². The number of carbonyl (C=O) groups excluding carboxylic acids is 2. The Morgan fingerprint density at radius 2 is 1.33 bits per heavy atom. The molecule has 1 unspecified atom stereocenters. The van der Waals surface area contributed by atoms with E-state index in [2.05, 4.69) is 10.6 Å². The van der Waals surface area contributed by atoms with Gasteiger partial charge in [0.25, 0.3) is 0 Å². The molecule has 0 aromatic heterocycles. The molecule has 200 valence electrons. The van der Waals surface area contributed by atoms with Gasteiger partial charge in [-0.05, 0) is 43.5 Å². The van der Waals surface area contributed by atoms with Gasteiger partial charge < -0.3 is 30.7 Å². The molecule has 2 amide bonds. The maximum absolute atomic E-state index is 12.0. The van der Waals surface area contributed by atoms with Gasteiger partial charge >= 0.3 is 17.9 Å². The third-order valence-corrected chi connectivity index (χ3v) is 5.40. The van der Waals surface area contributed by atoms with Crippen LogP contribution in [-0.4, -0.2) is 64.2 Å². The lowest BCUT2D eigenvalue weighted by Gasteiger charge is -2.14. The predicted octanol–water partition coefficient (Wildman–Crippen LogP) is 2.82. The van der Waals surface area contributed by atoms with E-state index >= 15 is 0 Å². The number of aromatic carboxylic acids is 1. The molecule has 0 aliphatic heterocycles. The summed E-state index contributed by atoms with van der Waals surface area (Å²) in [6, 6.07) is 5.13. The average Bonchev–Trinajstić information content (AvgIpc) is 2.83. The number of hydrogen-bond donors (Lipinski definition) is 5. The number of rotatable bonds is 20. The maximum atomic E-state index is 12.0. The van der Waals surface area contributed by atoms with Crippen molar-refractivity contribution in [1.29, 1.82) is 0 Å². The summed E-state index contributed by atoms with van der Waals surface area (Å²) >= 11 is 0. The van der Waals surface area contributed by atoms with Gasteiger partial charge in [-0.2, -0.15) is 0 Å². The van der Waals surface area contributed by atoms with Crippen LogP contribution in [-0.2, 0) is 19.2 Å². The van der Waals surface area contributed by atoms with E-state index in [-0.39, 0.29) is 30.7 Å². The summed E-state index contributed by atoms with van der Waals surface area (Å²) in [7, 11) is 0. The third-order valence-electron chi connectivity index (χ3n) is 5.40. The molecule has 1 aromatic rings. The van der Waals surface area contributed by atoms with Crippen LogP contribution >= 0.6 is 0 Å². The van der Waals surface area contributed by atoms with Crippen LogP contribution < -0.4 is 15.4 Å². The van der Waals surface area contributed by atoms with Crippen molar-refractivity contribution in [2.45, 2.75) is 76.7 Å². The zero-order chi connectivity index (χ0) is 26.8. The van der Waals surface area contributed by atoms with Gasteiger partial charge in [-0.3, -0.25) is 14.4 Å². The smallest absolute Gasteiger partial charge is 0.335 e. The maximum Gasteiger partial charge on any atom is 0.335 e. The number of unbranched alkanes of at least 4 members (excludes halogenated alkanes) is 7. The lowest BCUT2D eigenvalue weighted by molar-refractivity contribution is -0.142. The molecule has 5 N–H and O–H groups in total. The molecule has 0 saturated carbocycles. The molecule has 0 aliphatic carbocycles. The van der Waals surface area contributed by atoms with E-state index in [9.17, 15) is 29.1 Å². The van der Waals surface area contributed by atoms with Gasteiger partial charge in [-0.15, -0.1) is 0 Å². The highest BCUT2D eigenvalue weighted by Crippen LogP contribution is 2.14. The summed E-state index contributed by atoms with van der Waals surface area (Å²) in [6.07, 6.45) is 7.50. The molecule has 0 aliphatic rings.